The van der Waals surface area contributed by atoms with Gasteiger partial charge in [-0.2, -0.15) is 0 Å². The third kappa shape index (κ3) is 54.9. The molecule has 0 aliphatic carbocycles. The number of carbonyl (C=O) groups is 1. The average molecular weight is 1470 g/mol. The van der Waals surface area contributed by atoms with Crippen LogP contribution < -0.4 is 5.32 Å². The zero-order valence-electron chi connectivity index (χ0n) is 67.0. The Labute approximate surface area is 638 Å². The molecule has 0 spiro atoms. The highest BCUT2D eigenvalue weighted by Crippen LogP contribution is 2.31. The molecule has 2 rings (SSSR count). The molecule has 2 heterocycles. The van der Waals surface area contributed by atoms with Crippen molar-refractivity contribution in [2.45, 2.75) is 473 Å². The van der Waals surface area contributed by atoms with Crippen LogP contribution in [0.4, 0.5) is 0 Å². The van der Waals surface area contributed by atoms with Gasteiger partial charge in [0.15, 0.2) is 12.6 Å². The van der Waals surface area contributed by atoms with E-state index in [1.54, 1.807) is 6.08 Å². The van der Waals surface area contributed by atoms with Crippen molar-refractivity contribution < 1.29 is 64.6 Å². The van der Waals surface area contributed by atoms with Gasteiger partial charge in [-0.25, -0.2) is 0 Å². The highest BCUT2D eigenvalue weighted by Gasteiger charge is 2.51. The second kappa shape index (κ2) is 73.2. The number of aliphatic hydroxyl groups excluding tert-OH is 8. The number of hydrogen-bond donors (Lipinski definition) is 9. The van der Waals surface area contributed by atoms with E-state index < -0.39 is 86.8 Å². The van der Waals surface area contributed by atoms with Crippen LogP contribution in [0.5, 0.6) is 0 Å². The summed E-state index contributed by atoms with van der Waals surface area (Å²) < 4.78 is 22.9. The molecule has 104 heavy (non-hydrogen) atoms. The first-order chi connectivity index (χ1) is 51.1. The Kier molecular flexibility index (Phi) is 68.7. The standard InChI is InChI=1S/C90H165NO13/c1-3-5-7-9-11-13-15-17-19-21-23-25-27-29-31-33-34-35-36-37-38-39-40-41-42-43-44-46-48-50-52-54-56-58-60-62-64-66-68-70-72-74-82(95)91-78(77-101-89-87(100)85(98)88(81(76-93)103-89)104-90-86(99)84(97)83(96)80(75-92)102-90)79(94)73-71-69-67-65-63-61-59-57-55-53-51-49-47-45-32-30-28-26-24-22-20-18-16-14-12-10-8-6-4-2/h5,7,11,13,17,19,23,25,63,65,71,73,78-81,83-90,92-94,96-100H,3-4,6,8-10,12,14-16,18,20-22,24,26-62,64,66-70,72,74-77H2,1-2H3,(H,91,95)/b7-5-,13-11-,19-17-,25-23-,65-63+,73-71+. The first-order valence-electron chi connectivity index (χ1n) is 44.2. The number of carbonyl (C=O) groups excluding carboxylic acids is 1. The van der Waals surface area contributed by atoms with E-state index in [0.717, 1.165) is 57.8 Å². The number of nitrogens with one attached hydrogen (secondary N) is 1. The van der Waals surface area contributed by atoms with Crippen LogP contribution in [-0.2, 0) is 23.7 Å². The van der Waals surface area contributed by atoms with Gasteiger partial charge in [0, 0.05) is 6.42 Å². The van der Waals surface area contributed by atoms with Crippen LogP contribution in [0.2, 0.25) is 0 Å². The van der Waals surface area contributed by atoms with Crippen LogP contribution in [0.15, 0.2) is 72.9 Å². The second-order valence-corrected chi connectivity index (χ2v) is 31.0. The summed E-state index contributed by atoms with van der Waals surface area (Å²) in [6.07, 6.45) is 86.0. The summed E-state index contributed by atoms with van der Waals surface area (Å²) in [6, 6.07) is -0.934. The van der Waals surface area contributed by atoms with E-state index in [1.165, 1.54) is 308 Å². The lowest BCUT2D eigenvalue weighted by atomic mass is 9.97. The Balaban J connectivity index is 1.56. The molecule has 608 valence electrons. The largest absolute Gasteiger partial charge is 0.394 e. The molecule has 2 fully saturated rings. The topological polar surface area (TPSA) is 228 Å². The Hall–Kier alpha value is -2.57. The summed E-state index contributed by atoms with van der Waals surface area (Å²) >= 11 is 0. The van der Waals surface area contributed by atoms with Crippen molar-refractivity contribution in [2.24, 2.45) is 0 Å². The smallest absolute Gasteiger partial charge is 0.220 e. The first-order valence-corrected chi connectivity index (χ1v) is 44.2. The van der Waals surface area contributed by atoms with Crippen LogP contribution >= 0.6 is 0 Å². The molecule has 14 heteroatoms. The van der Waals surface area contributed by atoms with E-state index in [9.17, 15) is 45.6 Å². The normalized spacial score (nSPS) is 21.8. The monoisotopic (exact) mass is 1470 g/mol. The highest BCUT2D eigenvalue weighted by atomic mass is 16.7. The lowest BCUT2D eigenvalue weighted by molar-refractivity contribution is -0.359. The Morgan fingerprint density at radius 2 is 0.673 bits per heavy atom. The van der Waals surface area contributed by atoms with Crippen LogP contribution in [-0.4, -0.2) is 140 Å². The molecular formula is C90H165NO13. The second-order valence-electron chi connectivity index (χ2n) is 31.0. The molecule has 12 unspecified atom stereocenters. The van der Waals surface area contributed by atoms with E-state index in [-0.39, 0.29) is 18.9 Å². The van der Waals surface area contributed by atoms with Crippen LogP contribution in [0.1, 0.15) is 399 Å². The van der Waals surface area contributed by atoms with Crippen LogP contribution in [0, 0.1) is 0 Å². The minimum absolute atomic E-state index is 0.241. The summed E-state index contributed by atoms with van der Waals surface area (Å²) in [6.45, 7) is 2.73. The summed E-state index contributed by atoms with van der Waals surface area (Å²) in [5, 5.41) is 87.8. The van der Waals surface area contributed by atoms with Gasteiger partial charge >= 0.3 is 0 Å². The molecule has 0 aromatic heterocycles. The Bertz CT molecular complexity index is 2030. The van der Waals surface area contributed by atoms with Crippen molar-refractivity contribution in [3.63, 3.8) is 0 Å². The minimum Gasteiger partial charge on any atom is -0.394 e. The van der Waals surface area contributed by atoms with Gasteiger partial charge < -0.3 is 65.1 Å². The van der Waals surface area contributed by atoms with Gasteiger partial charge in [0.1, 0.15) is 48.8 Å². The average Bonchev–Trinajstić information content (AvgIpc) is 0.789. The molecular weight excluding hydrogens is 1300 g/mol. The molecule has 2 saturated heterocycles. The van der Waals surface area contributed by atoms with Crippen LogP contribution in [0.3, 0.4) is 0 Å². The molecule has 2 aliphatic rings. The Morgan fingerprint density at radius 1 is 0.356 bits per heavy atom. The number of allylic oxidation sites excluding steroid dienone is 11. The van der Waals surface area contributed by atoms with Crippen molar-refractivity contribution >= 4 is 5.91 Å². The zero-order chi connectivity index (χ0) is 75.1. The fraction of sp³-hybridized carbons (Fsp3) is 0.856. The molecule has 0 bridgehead atoms. The SMILES string of the molecule is CC/C=C\C/C=C\C/C=C\C/C=C\CCCCCCCCCCCCCCCCCCCCCCCCCCCCCCC(=O)NC(COC1OC(CO)C(OC2OC(CO)C(O)C(O)C2O)C(O)C1O)C(O)/C=C/CC/C=C/CCCCCCCCCCCCCCCCCCCCCCCCC. The predicted octanol–water partition coefficient (Wildman–Crippen LogP) is 21.3. The van der Waals surface area contributed by atoms with Crippen LogP contribution in [0.25, 0.3) is 0 Å². The summed E-state index contributed by atoms with van der Waals surface area (Å²) in [4.78, 5) is 13.4. The van der Waals surface area contributed by atoms with E-state index >= 15 is 0 Å². The van der Waals surface area contributed by atoms with Gasteiger partial charge in [0.2, 0.25) is 5.91 Å². The lowest BCUT2D eigenvalue weighted by Gasteiger charge is -2.46. The van der Waals surface area contributed by atoms with Gasteiger partial charge in [-0.15, -0.1) is 0 Å². The van der Waals surface area contributed by atoms with Gasteiger partial charge in [0.05, 0.1) is 32.0 Å². The molecule has 0 aromatic rings. The molecule has 0 aromatic carbocycles. The number of unbranched alkanes of at least 4 members (excludes halogenated alkanes) is 52. The highest BCUT2D eigenvalue weighted by molar-refractivity contribution is 5.76. The fourth-order valence-corrected chi connectivity index (χ4v) is 14.5. The van der Waals surface area contributed by atoms with E-state index in [1.807, 2.05) is 6.08 Å². The summed E-state index contributed by atoms with van der Waals surface area (Å²) in [5.41, 5.74) is 0. The van der Waals surface area contributed by atoms with Gasteiger partial charge in [0.25, 0.3) is 0 Å². The maximum atomic E-state index is 13.4. The van der Waals surface area contributed by atoms with Crippen molar-refractivity contribution in [3.8, 4) is 0 Å². The molecule has 14 nitrogen and oxygen atoms in total. The predicted molar refractivity (Wildman–Crippen MR) is 433 cm³/mol. The third-order valence-electron chi connectivity index (χ3n) is 21.4. The van der Waals surface area contributed by atoms with Gasteiger partial charge in [-0.3, -0.25) is 4.79 Å². The fourth-order valence-electron chi connectivity index (χ4n) is 14.5. The minimum atomic E-state index is -1.79. The van der Waals surface area contributed by atoms with Gasteiger partial charge in [-0.05, 0) is 70.6 Å². The molecule has 9 N–H and O–H groups in total. The van der Waals surface area contributed by atoms with Crippen molar-refractivity contribution in [1.29, 1.82) is 0 Å². The number of rotatable bonds is 75. The lowest BCUT2D eigenvalue weighted by Crippen LogP contribution is -2.65. The zero-order valence-corrected chi connectivity index (χ0v) is 67.0. The maximum Gasteiger partial charge on any atom is 0.220 e. The van der Waals surface area contributed by atoms with Crippen molar-refractivity contribution in [1.82, 2.24) is 5.32 Å². The number of ether oxygens (including phenoxy) is 4. The number of hydrogen-bond acceptors (Lipinski definition) is 13. The molecule has 0 radical (unpaired) electrons. The van der Waals surface area contributed by atoms with E-state index in [4.69, 9.17) is 18.9 Å². The van der Waals surface area contributed by atoms with Gasteiger partial charge in [-0.1, -0.05) is 395 Å². The third-order valence-corrected chi connectivity index (χ3v) is 21.4. The first kappa shape index (κ1) is 97.5. The summed E-state index contributed by atoms with van der Waals surface area (Å²) in [7, 11) is 0. The Morgan fingerprint density at radius 3 is 1.06 bits per heavy atom. The molecule has 1 amide bonds. The molecule has 2 aliphatic heterocycles. The maximum absolute atomic E-state index is 13.4. The summed E-state index contributed by atoms with van der Waals surface area (Å²) in [5.74, 6) is -0.241. The molecule has 12 atom stereocenters. The van der Waals surface area contributed by atoms with E-state index in [2.05, 4.69) is 79.9 Å². The quantitative estimate of drug-likeness (QED) is 0.0204. The molecule has 0 saturated carbocycles. The number of amides is 1. The number of aliphatic hydroxyl groups is 8. The van der Waals surface area contributed by atoms with Crippen molar-refractivity contribution in [3.05, 3.63) is 72.9 Å². The van der Waals surface area contributed by atoms with Crippen molar-refractivity contribution in [2.75, 3.05) is 19.8 Å². The van der Waals surface area contributed by atoms with E-state index in [0.29, 0.717) is 12.8 Å².